The summed E-state index contributed by atoms with van der Waals surface area (Å²) in [7, 11) is -3.63. The number of sulfonamides is 1. The highest BCUT2D eigenvalue weighted by Gasteiger charge is 2.32. The Balaban J connectivity index is 1.61. The van der Waals surface area contributed by atoms with Gasteiger partial charge >= 0.3 is 0 Å². The summed E-state index contributed by atoms with van der Waals surface area (Å²) in [5.41, 5.74) is 2.40. The molecule has 0 spiro atoms. The third-order valence-electron chi connectivity index (χ3n) is 5.33. The predicted octanol–water partition coefficient (Wildman–Crippen LogP) is 3.49. The van der Waals surface area contributed by atoms with Gasteiger partial charge in [0.25, 0.3) is 0 Å². The van der Waals surface area contributed by atoms with Crippen LogP contribution in [0.3, 0.4) is 0 Å². The maximum absolute atomic E-state index is 12.8. The summed E-state index contributed by atoms with van der Waals surface area (Å²) in [6.07, 6.45) is 1.85. The maximum Gasteiger partial charge on any atom is 0.243 e. The van der Waals surface area contributed by atoms with E-state index in [1.165, 1.54) is 35.5 Å². The van der Waals surface area contributed by atoms with Gasteiger partial charge in [-0.1, -0.05) is 31.2 Å². The highest BCUT2D eigenvalue weighted by atomic mass is 32.2. The molecule has 0 atom stereocenters. The molecule has 1 N–H and O–H groups in total. The molecule has 6 nitrogen and oxygen atoms in total. The Morgan fingerprint density at radius 1 is 1.07 bits per heavy atom. The number of aryl methyl sites for hydroxylation is 1. The number of anilines is 1. The lowest BCUT2D eigenvalue weighted by atomic mass is 9.97. The Kier molecular flexibility index (Phi) is 6.49. The fourth-order valence-corrected chi connectivity index (χ4v) is 4.95. The Morgan fingerprint density at radius 3 is 2.31 bits per heavy atom. The lowest BCUT2D eigenvalue weighted by Gasteiger charge is -2.30. The Labute approximate surface area is 172 Å². The minimum absolute atomic E-state index is 0.0684. The summed E-state index contributed by atoms with van der Waals surface area (Å²) in [5, 5.41) is 2.95. The summed E-state index contributed by atoms with van der Waals surface area (Å²) >= 11 is 0. The number of benzene rings is 2. The molecular formula is C22H26N2O4S. The normalized spacial score (nSPS) is 15.8. The van der Waals surface area contributed by atoms with Gasteiger partial charge in [-0.05, 0) is 56.0 Å². The first-order valence-electron chi connectivity index (χ1n) is 9.82. The van der Waals surface area contributed by atoms with E-state index in [2.05, 4.69) is 12.2 Å². The highest BCUT2D eigenvalue weighted by Crippen LogP contribution is 2.25. The van der Waals surface area contributed by atoms with E-state index in [1.54, 1.807) is 0 Å². The van der Waals surface area contributed by atoms with Crippen LogP contribution in [-0.2, 0) is 21.2 Å². The molecule has 0 aliphatic carbocycles. The molecule has 1 fully saturated rings. The van der Waals surface area contributed by atoms with Crippen molar-refractivity contribution in [2.75, 3.05) is 18.4 Å². The van der Waals surface area contributed by atoms with E-state index in [9.17, 15) is 18.0 Å². The zero-order chi connectivity index (χ0) is 21.0. The number of hydrogen-bond donors (Lipinski definition) is 1. The minimum atomic E-state index is -3.63. The first-order valence-corrected chi connectivity index (χ1v) is 11.3. The molecule has 29 heavy (non-hydrogen) atoms. The van der Waals surface area contributed by atoms with Crippen LogP contribution in [0, 0.1) is 5.92 Å². The molecule has 1 aliphatic rings. The molecule has 0 bridgehead atoms. The van der Waals surface area contributed by atoms with Crippen LogP contribution in [0.5, 0.6) is 0 Å². The second-order valence-electron chi connectivity index (χ2n) is 7.30. The van der Waals surface area contributed by atoms with Crippen molar-refractivity contribution >= 4 is 27.4 Å². The maximum atomic E-state index is 12.8. The average Bonchev–Trinajstić information content (AvgIpc) is 2.74. The van der Waals surface area contributed by atoms with E-state index in [-0.39, 0.29) is 22.5 Å². The van der Waals surface area contributed by atoms with E-state index in [0.717, 1.165) is 17.7 Å². The zero-order valence-corrected chi connectivity index (χ0v) is 17.5. The van der Waals surface area contributed by atoms with Gasteiger partial charge in [0.15, 0.2) is 5.78 Å². The van der Waals surface area contributed by atoms with Crippen molar-refractivity contribution in [1.82, 2.24) is 4.31 Å². The lowest BCUT2D eigenvalue weighted by molar-refractivity contribution is -0.120. The molecule has 0 radical (unpaired) electrons. The molecular weight excluding hydrogens is 388 g/mol. The molecule has 1 saturated heterocycles. The molecule has 1 aliphatic heterocycles. The van der Waals surface area contributed by atoms with Gasteiger partial charge in [0.05, 0.1) is 4.90 Å². The monoisotopic (exact) mass is 414 g/mol. The van der Waals surface area contributed by atoms with Crippen LogP contribution < -0.4 is 5.32 Å². The molecule has 2 aromatic rings. The number of nitrogens with one attached hydrogen (secondary N) is 1. The van der Waals surface area contributed by atoms with Crippen LogP contribution in [0.4, 0.5) is 5.69 Å². The first kappa shape index (κ1) is 21.2. The van der Waals surface area contributed by atoms with E-state index >= 15 is 0 Å². The van der Waals surface area contributed by atoms with Gasteiger partial charge in [-0.15, -0.1) is 0 Å². The summed E-state index contributed by atoms with van der Waals surface area (Å²) in [6.45, 7) is 4.09. The lowest BCUT2D eigenvalue weighted by Crippen LogP contribution is -2.41. The van der Waals surface area contributed by atoms with E-state index < -0.39 is 10.0 Å². The first-order chi connectivity index (χ1) is 13.8. The molecule has 0 aromatic heterocycles. The van der Waals surface area contributed by atoms with Gasteiger partial charge in [0, 0.05) is 30.3 Å². The van der Waals surface area contributed by atoms with E-state index in [4.69, 9.17) is 0 Å². The van der Waals surface area contributed by atoms with Gasteiger partial charge in [-0.3, -0.25) is 9.59 Å². The molecule has 1 amide bonds. The third-order valence-corrected chi connectivity index (χ3v) is 7.24. The van der Waals surface area contributed by atoms with Gasteiger partial charge in [-0.2, -0.15) is 4.31 Å². The van der Waals surface area contributed by atoms with Gasteiger partial charge in [0.1, 0.15) is 0 Å². The number of piperidine rings is 1. The summed E-state index contributed by atoms with van der Waals surface area (Å²) < 4.78 is 27.1. The summed E-state index contributed by atoms with van der Waals surface area (Å²) in [6, 6.07) is 13.7. The molecule has 1 heterocycles. The zero-order valence-electron chi connectivity index (χ0n) is 16.7. The van der Waals surface area contributed by atoms with Gasteiger partial charge in [-0.25, -0.2) is 8.42 Å². The number of carbonyl (C=O) groups excluding carboxylic acids is 2. The van der Waals surface area contributed by atoms with Crippen LogP contribution >= 0.6 is 0 Å². The second-order valence-corrected chi connectivity index (χ2v) is 9.24. The third kappa shape index (κ3) is 4.92. The molecule has 3 rings (SSSR count). The number of carbonyl (C=O) groups is 2. The van der Waals surface area contributed by atoms with Crippen LogP contribution in [-0.4, -0.2) is 37.5 Å². The van der Waals surface area contributed by atoms with Crippen LogP contribution in [0.1, 0.15) is 42.6 Å². The fraction of sp³-hybridized carbons (Fsp3) is 0.364. The van der Waals surface area contributed by atoms with Crippen molar-refractivity contribution in [3.8, 4) is 0 Å². The minimum Gasteiger partial charge on any atom is -0.326 e. The molecule has 2 aromatic carbocycles. The average molecular weight is 415 g/mol. The molecule has 0 saturated carbocycles. The topological polar surface area (TPSA) is 83.6 Å². The smallest absolute Gasteiger partial charge is 0.243 e. The highest BCUT2D eigenvalue weighted by molar-refractivity contribution is 7.89. The quantitative estimate of drug-likeness (QED) is 0.734. The number of ketones is 1. The van der Waals surface area contributed by atoms with Crippen molar-refractivity contribution in [2.24, 2.45) is 5.92 Å². The second kappa shape index (κ2) is 8.88. The van der Waals surface area contributed by atoms with Crippen molar-refractivity contribution in [2.45, 2.75) is 38.0 Å². The van der Waals surface area contributed by atoms with Gasteiger partial charge < -0.3 is 5.32 Å². The van der Waals surface area contributed by atoms with Crippen molar-refractivity contribution in [1.29, 1.82) is 0 Å². The number of hydrogen-bond acceptors (Lipinski definition) is 4. The van der Waals surface area contributed by atoms with E-state index in [0.29, 0.717) is 31.5 Å². The van der Waals surface area contributed by atoms with Gasteiger partial charge in [0.2, 0.25) is 15.9 Å². The Morgan fingerprint density at radius 2 is 1.72 bits per heavy atom. The van der Waals surface area contributed by atoms with Crippen molar-refractivity contribution < 1.29 is 18.0 Å². The summed E-state index contributed by atoms with van der Waals surface area (Å²) in [4.78, 5) is 24.1. The fourth-order valence-electron chi connectivity index (χ4n) is 3.48. The summed E-state index contributed by atoms with van der Waals surface area (Å²) in [5.74, 6) is -0.391. The van der Waals surface area contributed by atoms with Crippen LogP contribution in [0.15, 0.2) is 53.4 Å². The van der Waals surface area contributed by atoms with Crippen molar-refractivity contribution in [3.63, 3.8) is 0 Å². The Hall–Kier alpha value is -2.51. The van der Waals surface area contributed by atoms with Crippen LogP contribution in [0.2, 0.25) is 0 Å². The number of amides is 1. The molecule has 0 unspecified atom stereocenters. The molecule has 154 valence electrons. The van der Waals surface area contributed by atoms with Crippen molar-refractivity contribution in [3.05, 3.63) is 59.7 Å². The standard InChI is InChI=1S/C22H26N2O4S/c1-3-17-5-4-6-20(15-17)23-22(26)19-11-13-24(14-12-19)29(27,28)21-9-7-18(8-10-21)16(2)25/h4-10,15,19H,3,11-14H2,1-2H3,(H,23,26). The SMILES string of the molecule is CCc1cccc(NC(=O)C2CCN(S(=O)(=O)c3ccc(C(C)=O)cc3)CC2)c1. The number of nitrogens with zero attached hydrogens (tertiary/aromatic N) is 1. The van der Waals surface area contributed by atoms with E-state index in [1.807, 2.05) is 24.3 Å². The number of Topliss-reactive ketones (excluding diaryl/α,β-unsaturated/α-hetero) is 1. The molecule has 7 heteroatoms. The number of rotatable bonds is 6. The largest absolute Gasteiger partial charge is 0.326 e. The Bertz CT molecular complexity index is 992. The van der Waals surface area contributed by atoms with Crippen LogP contribution in [0.25, 0.3) is 0 Å². The predicted molar refractivity (Wildman–Crippen MR) is 112 cm³/mol.